The summed E-state index contributed by atoms with van der Waals surface area (Å²) >= 11 is 0. The number of furan rings is 1. The predicted octanol–water partition coefficient (Wildman–Crippen LogP) is 4.09. The molecule has 0 bridgehead atoms. The van der Waals surface area contributed by atoms with Gasteiger partial charge in [0.1, 0.15) is 12.4 Å². The Morgan fingerprint density at radius 1 is 1.00 bits per heavy atom. The third-order valence-corrected chi connectivity index (χ3v) is 5.68. The Labute approximate surface area is 193 Å². The summed E-state index contributed by atoms with van der Waals surface area (Å²) in [5.74, 6) is 2.09. The van der Waals surface area contributed by atoms with E-state index in [2.05, 4.69) is 11.0 Å². The molecule has 7 nitrogen and oxygen atoms in total. The lowest BCUT2D eigenvalue weighted by Crippen LogP contribution is -2.34. The number of benzene rings is 2. The second-order valence-electron chi connectivity index (χ2n) is 7.94. The highest BCUT2D eigenvalue weighted by molar-refractivity contribution is 5.91. The van der Waals surface area contributed by atoms with Crippen LogP contribution < -0.4 is 9.47 Å². The van der Waals surface area contributed by atoms with Crippen molar-refractivity contribution in [1.29, 1.82) is 5.26 Å². The summed E-state index contributed by atoms with van der Waals surface area (Å²) in [5.41, 5.74) is 1.83. The number of hydrogen-bond acceptors (Lipinski definition) is 6. The molecule has 7 heteroatoms. The van der Waals surface area contributed by atoms with Crippen LogP contribution in [0.3, 0.4) is 0 Å². The van der Waals surface area contributed by atoms with E-state index in [1.807, 2.05) is 53.4 Å². The van der Waals surface area contributed by atoms with Crippen molar-refractivity contribution in [2.24, 2.45) is 0 Å². The van der Waals surface area contributed by atoms with Gasteiger partial charge in [-0.1, -0.05) is 24.3 Å². The highest BCUT2D eigenvalue weighted by atomic mass is 16.5. The molecule has 0 unspecified atom stereocenters. The lowest BCUT2D eigenvalue weighted by Gasteiger charge is -2.21. The van der Waals surface area contributed by atoms with Gasteiger partial charge in [0.05, 0.1) is 18.7 Å². The number of amides is 1. The zero-order valence-electron chi connectivity index (χ0n) is 18.7. The third kappa shape index (κ3) is 5.73. The van der Waals surface area contributed by atoms with Gasteiger partial charge in [0, 0.05) is 32.7 Å². The molecule has 1 aliphatic rings. The Morgan fingerprint density at radius 3 is 2.55 bits per heavy atom. The SMILES string of the molecule is COc1ccccc1OCc1ccc(C(=O)N2CCCN(Cc3ccc(C#N)cc3)CC2)o1. The largest absolute Gasteiger partial charge is 0.493 e. The standard InChI is InChI=1S/C26H27N3O4/c1-31-23-5-2-3-6-24(23)32-19-22-11-12-25(33-22)26(30)29-14-4-13-28(15-16-29)18-21-9-7-20(17-27)8-10-21/h2-3,5-12H,4,13-16,18-19H2,1H3. The van der Waals surface area contributed by atoms with Crippen LogP contribution in [0.2, 0.25) is 0 Å². The van der Waals surface area contributed by atoms with Crippen LogP contribution in [0.25, 0.3) is 0 Å². The molecule has 0 spiro atoms. The van der Waals surface area contributed by atoms with Crippen LogP contribution in [0.5, 0.6) is 11.5 Å². The minimum Gasteiger partial charge on any atom is -0.493 e. The van der Waals surface area contributed by atoms with Crippen molar-refractivity contribution in [3.8, 4) is 17.6 Å². The predicted molar refractivity (Wildman–Crippen MR) is 123 cm³/mol. The lowest BCUT2D eigenvalue weighted by atomic mass is 10.1. The average Bonchev–Trinajstić information content (AvgIpc) is 3.21. The molecule has 2 heterocycles. The van der Waals surface area contributed by atoms with Gasteiger partial charge in [-0.15, -0.1) is 0 Å². The smallest absolute Gasteiger partial charge is 0.289 e. The Hall–Kier alpha value is -3.76. The summed E-state index contributed by atoms with van der Waals surface area (Å²) in [6.07, 6.45) is 0.895. The molecule has 0 radical (unpaired) electrons. The molecule has 0 aliphatic carbocycles. The minimum atomic E-state index is -0.0984. The molecule has 33 heavy (non-hydrogen) atoms. The number of nitriles is 1. The maximum Gasteiger partial charge on any atom is 0.289 e. The molecule has 0 N–H and O–H groups in total. The number of hydrogen-bond donors (Lipinski definition) is 0. The van der Waals surface area contributed by atoms with Crippen molar-refractivity contribution in [2.45, 2.75) is 19.6 Å². The highest BCUT2D eigenvalue weighted by Crippen LogP contribution is 2.27. The number of carbonyl (C=O) groups excluding carboxylic acids is 1. The summed E-state index contributed by atoms with van der Waals surface area (Å²) in [6, 6.07) is 20.7. The van der Waals surface area contributed by atoms with E-state index in [1.54, 1.807) is 19.2 Å². The highest BCUT2D eigenvalue weighted by Gasteiger charge is 2.23. The quantitative estimate of drug-likeness (QED) is 0.545. The van der Waals surface area contributed by atoms with Crippen LogP contribution in [0, 0.1) is 11.3 Å². The van der Waals surface area contributed by atoms with E-state index in [4.69, 9.17) is 19.2 Å². The fraction of sp³-hybridized carbons (Fsp3) is 0.308. The van der Waals surface area contributed by atoms with Crippen LogP contribution in [-0.4, -0.2) is 49.0 Å². The molecule has 1 amide bonds. The van der Waals surface area contributed by atoms with Gasteiger partial charge in [0.2, 0.25) is 0 Å². The van der Waals surface area contributed by atoms with Gasteiger partial charge >= 0.3 is 0 Å². The maximum absolute atomic E-state index is 13.0. The molecular formula is C26H27N3O4. The minimum absolute atomic E-state index is 0.0984. The van der Waals surface area contributed by atoms with Crippen molar-refractivity contribution >= 4 is 5.91 Å². The third-order valence-electron chi connectivity index (χ3n) is 5.68. The van der Waals surface area contributed by atoms with Crippen LogP contribution in [0.1, 0.15) is 33.9 Å². The first-order valence-corrected chi connectivity index (χ1v) is 11.0. The average molecular weight is 446 g/mol. The number of ether oxygens (including phenoxy) is 2. The van der Waals surface area contributed by atoms with Gasteiger partial charge < -0.3 is 18.8 Å². The monoisotopic (exact) mass is 445 g/mol. The van der Waals surface area contributed by atoms with E-state index in [0.29, 0.717) is 41.7 Å². The van der Waals surface area contributed by atoms with E-state index < -0.39 is 0 Å². The Balaban J connectivity index is 1.31. The van der Waals surface area contributed by atoms with Crippen LogP contribution >= 0.6 is 0 Å². The van der Waals surface area contributed by atoms with Crippen molar-refractivity contribution < 1.29 is 18.7 Å². The number of para-hydroxylation sites is 2. The van der Waals surface area contributed by atoms with Gasteiger partial charge in [-0.2, -0.15) is 5.26 Å². The summed E-state index contributed by atoms with van der Waals surface area (Å²) in [6.45, 7) is 4.06. The summed E-state index contributed by atoms with van der Waals surface area (Å²) in [7, 11) is 1.60. The van der Waals surface area contributed by atoms with E-state index in [9.17, 15) is 4.79 Å². The first-order chi connectivity index (χ1) is 16.2. The topological polar surface area (TPSA) is 78.9 Å². The van der Waals surface area contributed by atoms with Gasteiger partial charge in [-0.3, -0.25) is 9.69 Å². The summed E-state index contributed by atoms with van der Waals surface area (Å²) in [4.78, 5) is 17.2. The fourth-order valence-corrected chi connectivity index (χ4v) is 3.89. The van der Waals surface area contributed by atoms with E-state index in [0.717, 1.165) is 26.1 Å². The molecule has 0 saturated carbocycles. The van der Waals surface area contributed by atoms with E-state index in [1.165, 1.54) is 5.56 Å². The number of carbonyl (C=O) groups is 1. The van der Waals surface area contributed by atoms with Gasteiger partial charge in [-0.25, -0.2) is 0 Å². The van der Waals surface area contributed by atoms with Crippen molar-refractivity contribution in [3.05, 3.63) is 83.3 Å². The Bertz CT molecular complexity index is 1120. The van der Waals surface area contributed by atoms with Gasteiger partial charge in [-0.05, 0) is 48.4 Å². The molecule has 1 aromatic heterocycles. The second kappa shape index (κ2) is 10.7. The van der Waals surface area contributed by atoms with E-state index >= 15 is 0 Å². The fourth-order valence-electron chi connectivity index (χ4n) is 3.89. The number of nitrogens with zero attached hydrogens (tertiary/aromatic N) is 3. The van der Waals surface area contributed by atoms with Crippen LogP contribution in [0.15, 0.2) is 65.1 Å². The van der Waals surface area contributed by atoms with Gasteiger partial charge in [0.25, 0.3) is 5.91 Å². The first kappa shape index (κ1) is 22.4. The normalized spacial score (nSPS) is 14.4. The molecule has 1 aliphatic heterocycles. The zero-order valence-corrected chi connectivity index (χ0v) is 18.7. The zero-order chi connectivity index (χ0) is 23.0. The molecule has 4 rings (SSSR count). The van der Waals surface area contributed by atoms with Gasteiger partial charge in [0.15, 0.2) is 17.3 Å². The summed E-state index contributed by atoms with van der Waals surface area (Å²) < 4.78 is 16.9. The van der Waals surface area contributed by atoms with Crippen molar-refractivity contribution in [2.75, 3.05) is 33.3 Å². The lowest BCUT2D eigenvalue weighted by molar-refractivity contribution is 0.0725. The molecule has 1 saturated heterocycles. The Kier molecular flexibility index (Phi) is 7.28. The molecule has 2 aromatic carbocycles. The molecule has 1 fully saturated rings. The number of methoxy groups -OCH3 is 1. The second-order valence-corrected chi connectivity index (χ2v) is 7.94. The van der Waals surface area contributed by atoms with Crippen molar-refractivity contribution in [1.82, 2.24) is 9.80 Å². The van der Waals surface area contributed by atoms with E-state index in [-0.39, 0.29) is 12.5 Å². The maximum atomic E-state index is 13.0. The van der Waals surface area contributed by atoms with Crippen LogP contribution in [-0.2, 0) is 13.2 Å². The molecule has 170 valence electrons. The molecule has 3 aromatic rings. The summed E-state index contributed by atoms with van der Waals surface area (Å²) in [5, 5.41) is 8.95. The van der Waals surface area contributed by atoms with Crippen molar-refractivity contribution in [3.63, 3.8) is 0 Å². The van der Waals surface area contributed by atoms with Crippen LogP contribution in [0.4, 0.5) is 0 Å². The Morgan fingerprint density at radius 2 is 1.79 bits per heavy atom. The molecular weight excluding hydrogens is 418 g/mol. The number of rotatable bonds is 7. The molecule has 0 atom stereocenters. The first-order valence-electron chi connectivity index (χ1n) is 11.0.